The van der Waals surface area contributed by atoms with Gasteiger partial charge in [-0.15, -0.1) is 0 Å². The number of esters is 2. The van der Waals surface area contributed by atoms with E-state index < -0.39 is 44.7 Å². The minimum atomic E-state index is -4.82. The van der Waals surface area contributed by atoms with Gasteiger partial charge < -0.3 is 29.5 Å². The van der Waals surface area contributed by atoms with Crippen LogP contribution in [0.5, 0.6) is 0 Å². The predicted octanol–water partition coefficient (Wildman–Crippen LogP) is 10.1. The van der Waals surface area contributed by atoms with Crippen LogP contribution in [-0.2, 0) is 28.2 Å². The van der Waals surface area contributed by atoms with Crippen LogP contribution in [0, 0.1) is 5.92 Å². The molecule has 0 aromatic heterocycles. The molecule has 3 atom stereocenters. The predicted molar refractivity (Wildman–Crippen MR) is 214 cm³/mol. The Morgan fingerprint density at radius 3 is 1.74 bits per heavy atom. The Morgan fingerprint density at radius 1 is 0.623 bits per heavy atom. The van der Waals surface area contributed by atoms with Crippen molar-refractivity contribution in [1.29, 1.82) is 0 Å². The second kappa shape index (κ2) is 35.6. The third-order valence-electron chi connectivity index (χ3n) is 8.72. The standard InChI is InChI=1S/C42H75O10P/c1-4-5-6-7-18-23-29-38(43)30-24-20-21-25-31-39(44)32-27-34-42(46)52-40(36-51-53(47,48)49)35-50-41(45)33-26-19-16-14-12-10-8-9-11-13-15-17-22-28-37(2)3/h18,20-21,23-25,30-31,37-40,43-44H,4-17,19,22,26-29,32-36H2,1-3H3,(H2,47,48,49)/b21-20+,23-18-,30-24+,31-25-/t38-,39-,40+/m0/s1. The minimum Gasteiger partial charge on any atom is -0.462 e. The quantitative estimate of drug-likeness (QED) is 0.0159. The summed E-state index contributed by atoms with van der Waals surface area (Å²) in [5.41, 5.74) is 0. The average molecular weight is 771 g/mol. The maximum Gasteiger partial charge on any atom is 0.469 e. The normalized spacial score (nSPS) is 14.3. The summed E-state index contributed by atoms with van der Waals surface area (Å²) in [5, 5.41) is 20.2. The maximum atomic E-state index is 12.4. The Morgan fingerprint density at radius 2 is 1.17 bits per heavy atom. The molecule has 0 amide bonds. The van der Waals surface area contributed by atoms with E-state index in [0.717, 1.165) is 31.6 Å². The number of carbonyl (C=O) groups excluding carboxylic acids is 2. The lowest BCUT2D eigenvalue weighted by Crippen LogP contribution is -2.29. The lowest BCUT2D eigenvalue weighted by Gasteiger charge is -2.18. The number of unbranched alkanes of at least 4 members (excludes halogenated alkanes) is 15. The number of allylic oxidation sites excluding steroid dienone is 5. The molecule has 0 fully saturated rings. The van der Waals surface area contributed by atoms with Crippen LogP contribution in [0.3, 0.4) is 0 Å². The van der Waals surface area contributed by atoms with Crippen molar-refractivity contribution in [3.63, 3.8) is 0 Å². The Kier molecular flexibility index (Phi) is 34.2. The fourth-order valence-electron chi connectivity index (χ4n) is 5.57. The summed E-state index contributed by atoms with van der Waals surface area (Å²) >= 11 is 0. The van der Waals surface area contributed by atoms with Crippen molar-refractivity contribution in [2.45, 2.75) is 187 Å². The summed E-state index contributed by atoms with van der Waals surface area (Å²) < 4.78 is 26.2. The molecule has 0 aliphatic heterocycles. The van der Waals surface area contributed by atoms with Crippen molar-refractivity contribution < 1.29 is 48.2 Å². The van der Waals surface area contributed by atoms with E-state index in [9.17, 15) is 24.4 Å². The summed E-state index contributed by atoms with van der Waals surface area (Å²) in [5.74, 6) is -0.312. The van der Waals surface area contributed by atoms with Crippen molar-refractivity contribution in [2.24, 2.45) is 5.92 Å². The third kappa shape index (κ3) is 39.4. The molecule has 0 spiro atoms. The molecule has 0 radical (unpaired) electrons. The first kappa shape index (κ1) is 50.9. The van der Waals surface area contributed by atoms with E-state index in [1.54, 1.807) is 36.5 Å². The smallest absolute Gasteiger partial charge is 0.462 e. The summed E-state index contributed by atoms with van der Waals surface area (Å²) in [4.78, 5) is 42.8. The molecular weight excluding hydrogens is 695 g/mol. The molecule has 11 heteroatoms. The number of hydrogen-bond donors (Lipinski definition) is 4. The molecule has 0 saturated heterocycles. The molecule has 0 unspecified atom stereocenters. The molecule has 0 aromatic rings. The number of hydrogen-bond acceptors (Lipinski definition) is 8. The molecule has 4 N–H and O–H groups in total. The number of ether oxygens (including phenoxy) is 2. The van der Waals surface area contributed by atoms with Gasteiger partial charge in [-0.25, -0.2) is 4.57 Å². The Balaban J connectivity index is 4.20. The first-order valence-electron chi connectivity index (χ1n) is 20.5. The van der Waals surface area contributed by atoms with Crippen molar-refractivity contribution >= 4 is 19.8 Å². The first-order chi connectivity index (χ1) is 25.4. The Labute approximate surface area is 321 Å². The highest BCUT2D eigenvalue weighted by Gasteiger charge is 2.23. The highest BCUT2D eigenvalue weighted by Crippen LogP contribution is 2.36. The highest BCUT2D eigenvalue weighted by molar-refractivity contribution is 7.46. The van der Waals surface area contributed by atoms with Crippen LogP contribution >= 0.6 is 7.82 Å². The van der Waals surface area contributed by atoms with Gasteiger partial charge in [-0.05, 0) is 44.4 Å². The van der Waals surface area contributed by atoms with Gasteiger partial charge in [0.2, 0.25) is 0 Å². The summed E-state index contributed by atoms with van der Waals surface area (Å²) in [6, 6.07) is 0. The van der Waals surface area contributed by atoms with Gasteiger partial charge in [-0.3, -0.25) is 14.1 Å². The number of aliphatic hydroxyl groups excluding tert-OH is 2. The molecule has 0 aliphatic rings. The Bertz CT molecular complexity index is 1050. The maximum absolute atomic E-state index is 12.4. The molecule has 0 saturated carbocycles. The van der Waals surface area contributed by atoms with Gasteiger partial charge in [-0.2, -0.15) is 0 Å². The van der Waals surface area contributed by atoms with Crippen molar-refractivity contribution in [3.8, 4) is 0 Å². The summed E-state index contributed by atoms with van der Waals surface area (Å²) in [7, 11) is -4.82. The van der Waals surface area contributed by atoms with Crippen LogP contribution in [0.25, 0.3) is 0 Å². The molecular formula is C42H75O10P. The minimum absolute atomic E-state index is 0.0483. The molecule has 0 aromatic carbocycles. The molecule has 10 nitrogen and oxygen atoms in total. The molecule has 308 valence electrons. The topological polar surface area (TPSA) is 160 Å². The fourth-order valence-corrected chi connectivity index (χ4v) is 5.94. The molecule has 53 heavy (non-hydrogen) atoms. The van der Waals surface area contributed by atoms with Crippen LogP contribution in [0.4, 0.5) is 0 Å². The second-order valence-electron chi connectivity index (χ2n) is 14.5. The van der Waals surface area contributed by atoms with Gasteiger partial charge in [0.05, 0.1) is 18.8 Å². The van der Waals surface area contributed by atoms with E-state index in [1.807, 2.05) is 6.08 Å². The zero-order valence-corrected chi connectivity index (χ0v) is 34.2. The number of aliphatic hydroxyl groups is 2. The molecule has 0 aliphatic carbocycles. The van der Waals surface area contributed by atoms with Gasteiger partial charge in [-0.1, -0.05) is 166 Å². The number of rotatable bonds is 36. The van der Waals surface area contributed by atoms with E-state index in [0.29, 0.717) is 19.3 Å². The first-order valence-corrected chi connectivity index (χ1v) is 22.0. The van der Waals surface area contributed by atoms with E-state index in [-0.39, 0.29) is 25.9 Å². The van der Waals surface area contributed by atoms with Gasteiger partial charge in [0, 0.05) is 12.8 Å². The highest BCUT2D eigenvalue weighted by atomic mass is 31.2. The van der Waals surface area contributed by atoms with Gasteiger partial charge in [0.15, 0.2) is 6.10 Å². The van der Waals surface area contributed by atoms with Crippen LogP contribution in [-0.4, -0.2) is 63.5 Å². The third-order valence-corrected chi connectivity index (χ3v) is 9.20. The number of phosphoric acid groups is 1. The van der Waals surface area contributed by atoms with Crippen LogP contribution in [0.15, 0.2) is 48.6 Å². The monoisotopic (exact) mass is 771 g/mol. The number of carbonyl (C=O) groups is 2. The van der Waals surface area contributed by atoms with E-state index in [1.165, 1.54) is 83.5 Å². The largest absolute Gasteiger partial charge is 0.469 e. The fraction of sp³-hybridized carbons (Fsp3) is 0.762. The molecule has 0 rings (SSSR count). The van der Waals surface area contributed by atoms with E-state index >= 15 is 0 Å². The van der Waals surface area contributed by atoms with Crippen LogP contribution in [0.1, 0.15) is 168 Å². The average Bonchev–Trinajstić information content (AvgIpc) is 3.10. The van der Waals surface area contributed by atoms with Gasteiger partial charge in [0.25, 0.3) is 0 Å². The molecule has 0 heterocycles. The van der Waals surface area contributed by atoms with Crippen LogP contribution in [0.2, 0.25) is 0 Å². The van der Waals surface area contributed by atoms with Crippen molar-refractivity contribution in [3.05, 3.63) is 48.6 Å². The van der Waals surface area contributed by atoms with Gasteiger partial charge in [0.1, 0.15) is 6.61 Å². The zero-order chi connectivity index (χ0) is 39.4. The number of phosphoric ester groups is 1. The van der Waals surface area contributed by atoms with Crippen molar-refractivity contribution in [2.75, 3.05) is 13.2 Å². The SMILES string of the molecule is CCCCC/C=C\C[C@H](O)/C=C/C=C/C=C\[C@H](O)CCCC(=O)O[C@H](COC(=O)CCCCCCCCCCCCCCCC(C)C)COP(=O)(O)O. The summed E-state index contributed by atoms with van der Waals surface area (Å²) in [6.45, 7) is 5.74. The lowest BCUT2D eigenvalue weighted by molar-refractivity contribution is -0.161. The van der Waals surface area contributed by atoms with E-state index in [4.69, 9.17) is 19.3 Å². The zero-order valence-electron chi connectivity index (χ0n) is 33.3. The summed E-state index contributed by atoms with van der Waals surface area (Å²) in [6.07, 6.45) is 34.7. The Hall–Kier alpha value is -2.07. The van der Waals surface area contributed by atoms with Crippen molar-refractivity contribution in [1.82, 2.24) is 0 Å². The van der Waals surface area contributed by atoms with Gasteiger partial charge >= 0.3 is 19.8 Å². The molecule has 0 bridgehead atoms. The van der Waals surface area contributed by atoms with E-state index in [2.05, 4.69) is 31.4 Å². The second-order valence-corrected chi connectivity index (χ2v) is 15.7. The van der Waals surface area contributed by atoms with Crippen LogP contribution < -0.4 is 0 Å². The lowest BCUT2D eigenvalue weighted by atomic mass is 10.0.